The minimum Gasteiger partial charge on any atom is -0.384 e. The first-order valence-electron chi connectivity index (χ1n) is 8.75. The molecule has 0 aliphatic carbocycles. The summed E-state index contributed by atoms with van der Waals surface area (Å²) in [6.45, 7) is 2.38. The first-order chi connectivity index (χ1) is 13.5. The van der Waals surface area contributed by atoms with Crippen molar-refractivity contribution in [3.8, 4) is 11.8 Å². The first kappa shape index (κ1) is 18.9. The van der Waals surface area contributed by atoms with Gasteiger partial charge in [0.15, 0.2) is 5.82 Å². The number of carbonyl (C=O) groups excluding carboxylic acids is 1. The summed E-state index contributed by atoms with van der Waals surface area (Å²) in [5.74, 6) is 6.54. The van der Waals surface area contributed by atoms with Gasteiger partial charge in [0.05, 0.1) is 6.54 Å². The zero-order valence-electron chi connectivity index (χ0n) is 15.8. The number of imidazole rings is 1. The Bertz CT molecular complexity index is 1080. The van der Waals surface area contributed by atoms with Crippen molar-refractivity contribution in [2.75, 3.05) is 11.9 Å². The summed E-state index contributed by atoms with van der Waals surface area (Å²) in [5.41, 5.74) is 9.38. The van der Waals surface area contributed by atoms with Crippen LogP contribution in [-0.2, 0) is 7.05 Å². The van der Waals surface area contributed by atoms with Crippen LogP contribution in [0.5, 0.6) is 0 Å². The van der Waals surface area contributed by atoms with Crippen LogP contribution in [-0.4, -0.2) is 27.7 Å². The minimum absolute atomic E-state index is 0.0477. The van der Waals surface area contributed by atoms with Crippen LogP contribution >= 0.6 is 0 Å². The predicted octanol–water partition coefficient (Wildman–Crippen LogP) is 2.71. The fraction of sp³-hybridized carbons (Fsp3) is 0.136. The Balaban J connectivity index is 1.64. The van der Waals surface area contributed by atoms with Gasteiger partial charge in [0.2, 0.25) is 5.78 Å². The molecule has 3 aromatic rings. The fourth-order valence-electron chi connectivity index (χ4n) is 2.76. The Hall–Kier alpha value is -3.85. The molecule has 28 heavy (non-hydrogen) atoms. The standard InChI is InChI=1S/C22H21N5O/c1-15-14-16(5-10-19(15)20(28)22-26-12-13-27(22)2)4-3-11-25-18-8-6-17(7-9-18)21(23)24/h5-10,12-14,25H,11H2,1-2H3,(H3,23,24). The Kier molecular flexibility index (Phi) is 5.56. The van der Waals surface area contributed by atoms with Gasteiger partial charge in [-0.1, -0.05) is 11.8 Å². The molecule has 0 bridgehead atoms. The van der Waals surface area contributed by atoms with Crippen molar-refractivity contribution >= 4 is 17.3 Å². The molecule has 0 aliphatic heterocycles. The van der Waals surface area contributed by atoms with Crippen LogP contribution in [0.2, 0.25) is 0 Å². The van der Waals surface area contributed by atoms with Crippen LogP contribution < -0.4 is 11.1 Å². The van der Waals surface area contributed by atoms with Crippen molar-refractivity contribution < 1.29 is 4.79 Å². The second-order valence-electron chi connectivity index (χ2n) is 6.37. The van der Waals surface area contributed by atoms with Crippen LogP contribution in [0.3, 0.4) is 0 Å². The molecule has 1 aromatic heterocycles. The zero-order valence-corrected chi connectivity index (χ0v) is 15.8. The van der Waals surface area contributed by atoms with Crippen molar-refractivity contribution in [2.24, 2.45) is 12.8 Å². The molecule has 3 rings (SSSR count). The molecule has 0 radical (unpaired) electrons. The number of nitrogen functional groups attached to an aromatic ring is 1. The van der Waals surface area contributed by atoms with Crippen LogP contribution in [0.25, 0.3) is 0 Å². The number of nitrogens with zero attached hydrogens (tertiary/aromatic N) is 2. The Morgan fingerprint density at radius 3 is 2.61 bits per heavy atom. The molecule has 0 amide bonds. The summed E-state index contributed by atoms with van der Waals surface area (Å²) in [6.07, 6.45) is 3.37. The van der Waals surface area contributed by atoms with Crippen molar-refractivity contribution in [3.63, 3.8) is 0 Å². The zero-order chi connectivity index (χ0) is 20.1. The van der Waals surface area contributed by atoms with E-state index in [0.717, 1.165) is 16.8 Å². The largest absolute Gasteiger partial charge is 0.384 e. The number of rotatable bonds is 5. The highest BCUT2D eigenvalue weighted by Crippen LogP contribution is 2.15. The van der Waals surface area contributed by atoms with E-state index in [0.29, 0.717) is 23.5 Å². The van der Waals surface area contributed by atoms with Crippen molar-refractivity contribution in [2.45, 2.75) is 6.92 Å². The molecular formula is C22H21N5O. The molecule has 1 heterocycles. The molecule has 4 N–H and O–H groups in total. The molecule has 0 saturated heterocycles. The van der Waals surface area contributed by atoms with E-state index in [2.05, 4.69) is 22.1 Å². The molecule has 6 nitrogen and oxygen atoms in total. The number of nitrogens with two attached hydrogens (primary N) is 1. The number of anilines is 1. The van der Waals surface area contributed by atoms with Gasteiger partial charge >= 0.3 is 0 Å². The van der Waals surface area contributed by atoms with E-state index in [-0.39, 0.29) is 11.6 Å². The average Bonchev–Trinajstić information content (AvgIpc) is 3.11. The molecule has 2 aromatic carbocycles. The summed E-state index contributed by atoms with van der Waals surface area (Å²) >= 11 is 0. The topological polar surface area (TPSA) is 96.8 Å². The van der Waals surface area contributed by atoms with E-state index in [9.17, 15) is 4.79 Å². The van der Waals surface area contributed by atoms with Crippen molar-refractivity contribution in [1.82, 2.24) is 9.55 Å². The Labute approximate surface area is 163 Å². The van der Waals surface area contributed by atoms with Crippen LogP contribution in [0.4, 0.5) is 5.69 Å². The smallest absolute Gasteiger partial charge is 0.228 e. The number of nitrogens with one attached hydrogen (secondary N) is 2. The lowest BCUT2D eigenvalue weighted by atomic mass is 10.0. The number of hydrogen-bond donors (Lipinski definition) is 3. The van der Waals surface area contributed by atoms with Crippen molar-refractivity contribution in [1.29, 1.82) is 5.41 Å². The van der Waals surface area contributed by atoms with Gasteiger partial charge < -0.3 is 15.6 Å². The summed E-state index contributed by atoms with van der Waals surface area (Å²) in [5, 5.41) is 10.6. The fourth-order valence-corrected chi connectivity index (χ4v) is 2.76. The lowest BCUT2D eigenvalue weighted by molar-refractivity contribution is 0.102. The highest BCUT2D eigenvalue weighted by atomic mass is 16.1. The van der Waals surface area contributed by atoms with E-state index in [1.165, 1.54) is 0 Å². The number of benzene rings is 2. The lowest BCUT2D eigenvalue weighted by Gasteiger charge is -2.06. The number of ketones is 1. The Morgan fingerprint density at radius 2 is 2.00 bits per heavy atom. The number of aryl methyl sites for hydroxylation is 2. The highest BCUT2D eigenvalue weighted by molar-refractivity contribution is 6.07. The van der Waals surface area contributed by atoms with Gasteiger partial charge in [0.1, 0.15) is 5.84 Å². The third-order valence-corrected chi connectivity index (χ3v) is 4.30. The van der Waals surface area contributed by atoms with Gasteiger partial charge in [-0.3, -0.25) is 10.2 Å². The number of hydrogen-bond acceptors (Lipinski definition) is 4. The summed E-state index contributed by atoms with van der Waals surface area (Å²) in [7, 11) is 1.80. The second kappa shape index (κ2) is 8.23. The van der Waals surface area contributed by atoms with Crippen LogP contribution in [0.1, 0.15) is 32.9 Å². The molecular weight excluding hydrogens is 350 g/mol. The second-order valence-corrected chi connectivity index (χ2v) is 6.37. The third kappa shape index (κ3) is 4.27. The van der Waals surface area contributed by atoms with Gasteiger partial charge in [-0.15, -0.1) is 0 Å². The van der Waals surface area contributed by atoms with E-state index in [1.54, 1.807) is 42.2 Å². The Morgan fingerprint density at radius 1 is 1.25 bits per heavy atom. The third-order valence-electron chi connectivity index (χ3n) is 4.30. The van der Waals surface area contributed by atoms with E-state index >= 15 is 0 Å². The molecule has 140 valence electrons. The molecule has 6 heteroatoms. The molecule has 0 spiro atoms. The maximum Gasteiger partial charge on any atom is 0.228 e. The molecule has 0 saturated carbocycles. The van der Waals surface area contributed by atoms with Gasteiger partial charge in [-0.2, -0.15) is 0 Å². The quantitative estimate of drug-likeness (QED) is 0.278. The van der Waals surface area contributed by atoms with E-state index < -0.39 is 0 Å². The highest BCUT2D eigenvalue weighted by Gasteiger charge is 2.15. The molecule has 0 atom stereocenters. The normalized spacial score (nSPS) is 10.1. The molecule has 0 aliphatic rings. The van der Waals surface area contributed by atoms with E-state index in [4.69, 9.17) is 11.1 Å². The number of carbonyl (C=O) groups is 1. The van der Waals surface area contributed by atoms with Gasteiger partial charge in [-0.25, -0.2) is 4.98 Å². The average molecular weight is 371 g/mol. The van der Waals surface area contributed by atoms with Gasteiger partial charge in [0, 0.05) is 41.8 Å². The SMILES string of the molecule is Cc1cc(C#CCNc2ccc(C(=N)N)cc2)ccc1C(=O)c1nccn1C. The van der Waals surface area contributed by atoms with Gasteiger partial charge in [-0.05, 0) is 55.0 Å². The maximum absolute atomic E-state index is 12.6. The predicted molar refractivity (Wildman–Crippen MR) is 111 cm³/mol. The monoisotopic (exact) mass is 371 g/mol. The van der Waals surface area contributed by atoms with Crippen LogP contribution in [0, 0.1) is 24.2 Å². The lowest BCUT2D eigenvalue weighted by Crippen LogP contribution is -2.10. The first-order valence-corrected chi connectivity index (χ1v) is 8.75. The molecule has 0 unspecified atom stereocenters. The molecule has 0 fully saturated rings. The summed E-state index contributed by atoms with van der Waals surface area (Å²) in [6, 6.07) is 12.9. The minimum atomic E-state index is -0.0971. The summed E-state index contributed by atoms with van der Waals surface area (Å²) in [4.78, 5) is 16.7. The van der Waals surface area contributed by atoms with Gasteiger partial charge in [0.25, 0.3) is 0 Å². The van der Waals surface area contributed by atoms with Crippen molar-refractivity contribution in [3.05, 3.63) is 82.9 Å². The van der Waals surface area contributed by atoms with Crippen LogP contribution in [0.15, 0.2) is 54.9 Å². The number of amidine groups is 1. The number of aromatic nitrogens is 2. The van der Waals surface area contributed by atoms with E-state index in [1.807, 2.05) is 31.2 Å². The maximum atomic E-state index is 12.6. The summed E-state index contributed by atoms with van der Waals surface area (Å²) < 4.78 is 1.71.